The monoisotopic (exact) mass is 244 g/mol. The van der Waals surface area contributed by atoms with Gasteiger partial charge in [0.2, 0.25) is 11.6 Å². The van der Waals surface area contributed by atoms with E-state index in [1.807, 2.05) is 6.92 Å². The number of hydrogen-bond donors (Lipinski definition) is 0. The van der Waals surface area contributed by atoms with E-state index in [0.29, 0.717) is 34.6 Å². The highest BCUT2D eigenvalue weighted by molar-refractivity contribution is 6.52. The van der Waals surface area contributed by atoms with Crippen LogP contribution in [0.4, 0.5) is 0 Å². The van der Waals surface area contributed by atoms with Crippen LogP contribution in [-0.2, 0) is 9.53 Å². The van der Waals surface area contributed by atoms with Crippen molar-refractivity contribution >= 4 is 17.3 Å². The Balaban J connectivity index is 2.23. The molecule has 2 aliphatic rings. The summed E-state index contributed by atoms with van der Waals surface area (Å²) >= 11 is 0. The third kappa shape index (κ3) is 1.38. The molecule has 0 bridgehead atoms. The highest BCUT2D eigenvalue weighted by Gasteiger charge is 2.38. The second kappa shape index (κ2) is 3.70. The molecule has 92 valence electrons. The Bertz CT molecular complexity index is 598. The van der Waals surface area contributed by atoms with Gasteiger partial charge in [-0.15, -0.1) is 0 Å². The van der Waals surface area contributed by atoms with Gasteiger partial charge in [-0.3, -0.25) is 9.59 Å². The molecule has 1 aliphatic carbocycles. The number of rotatable bonds is 1. The van der Waals surface area contributed by atoms with Gasteiger partial charge in [-0.25, -0.2) is 0 Å². The molecule has 4 nitrogen and oxygen atoms in total. The SMILES string of the molecule is COc1ccc2c(c1)C1=C(CC(C)O1)C(=O)C2=O. The fourth-order valence-electron chi connectivity index (χ4n) is 2.41. The molecule has 0 spiro atoms. The zero-order valence-electron chi connectivity index (χ0n) is 10.1. The number of ketones is 2. The van der Waals surface area contributed by atoms with E-state index in [4.69, 9.17) is 9.47 Å². The molecule has 0 N–H and O–H groups in total. The summed E-state index contributed by atoms with van der Waals surface area (Å²) in [5, 5.41) is 0. The minimum Gasteiger partial charge on any atom is -0.497 e. The molecular formula is C14H12O4. The average molecular weight is 244 g/mol. The molecule has 18 heavy (non-hydrogen) atoms. The minimum absolute atomic E-state index is 0.0658. The summed E-state index contributed by atoms with van der Waals surface area (Å²) in [7, 11) is 1.56. The number of ether oxygens (including phenoxy) is 2. The van der Waals surface area contributed by atoms with Crippen LogP contribution in [0.15, 0.2) is 23.8 Å². The number of fused-ring (bicyclic) bond motifs is 2. The number of carbonyl (C=O) groups is 2. The van der Waals surface area contributed by atoms with Gasteiger partial charge in [0.15, 0.2) is 0 Å². The van der Waals surface area contributed by atoms with Crippen LogP contribution in [-0.4, -0.2) is 24.8 Å². The van der Waals surface area contributed by atoms with Gasteiger partial charge in [-0.2, -0.15) is 0 Å². The predicted molar refractivity (Wildman–Crippen MR) is 64.4 cm³/mol. The van der Waals surface area contributed by atoms with Crippen LogP contribution in [0.1, 0.15) is 29.3 Å². The van der Waals surface area contributed by atoms with E-state index in [0.717, 1.165) is 0 Å². The first-order valence-electron chi connectivity index (χ1n) is 5.79. The molecule has 4 heteroatoms. The molecule has 0 aromatic heterocycles. The standard InChI is InChI=1S/C14H12O4/c1-7-5-11-13(16)12(15)9-4-3-8(17-2)6-10(9)14(11)18-7/h3-4,6-7H,5H2,1-2H3. The molecule has 1 atom stereocenters. The van der Waals surface area contributed by atoms with Crippen molar-refractivity contribution in [3.63, 3.8) is 0 Å². The second-order valence-electron chi connectivity index (χ2n) is 4.51. The summed E-state index contributed by atoms with van der Waals surface area (Å²) in [6, 6.07) is 5.03. The van der Waals surface area contributed by atoms with Gasteiger partial charge in [0, 0.05) is 23.1 Å². The normalized spacial score (nSPS) is 21.6. The highest BCUT2D eigenvalue weighted by Crippen LogP contribution is 2.39. The number of methoxy groups -OCH3 is 1. The number of benzene rings is 1. The molecule has 0 fully saturated rings. The number of Topliss-reactive ketones (excluding diaryl/α,β-unsaturated/α-hetero) is 2. The van der Waals surface area contributed by atoms with E-state index in [1.165, 1.54) is 0 Å². The molecule has 1 aromatic rings. The molecule has 1 unspecified atom stereocenters. The van der Waals surface area contributed by atoms with Gasteiger partial charge >= 0.3 is 0 Å². The largest absolute Gasteiger partial charge is 0.497 e. The summed E-state index contributed by atoms with van der Waals surface area (Å²) in [6.45, 7) is 1.88. The van der Waals surface area contributed by atoms with Gasteiger partial charge < -0.3 is 9.47 Å². The fourth-order valence-corrected chi connectivity index (χ4v) is 2.41. The van der Waals surface area contributed by atoms with Crippen LogP contribution in [0.2, 0.25) is 0 Å². The Morgan fingerprint density at radius 3 is 2.72 bits per heavy atom. The van der Waals surface area contributed by atoms with Crippen molar-refractivity contribution < 1.29 is 19.1 Å². The van der Waals surface area contributed by atoms with Crippen LogP contribution in [0.3, 0.4) is 0 Å². The van der Waals surface area contributed by atoms with Gasteiger partial charge in [0.25, 0.3) is 0 Å². The molecule has 1 aromatic carbocycles. The first-order chi connectivity index (χ1) is 8.61. The average Bonchev–Trinajstić information content (AvgIpc) is 2.77. The molecule has 0 saturated heterocycles. The molecule has 0 saturated carbocycles. The summed E-state index contributed by atoms with van der Waals surface area (Å²) in [4.78, 5) is 23.9. The lowest BCUT2D eigenvalue weighted by atomic mass is 9.87. The summed E-state index contributed by atoms with van der Waals surface area (Å²) in [5.74, 6) is 0.294. The fraction of sp³-hybridized carbons (Fsp3) is 0.286. The Labute approximate surface area is 104 Å². The van der Waals surface area contributed by atoms with Crippen LogP contribution in [0, 0.1) is 0 Å². The zero-order chi connectivity index (χ0) is 12.9. The van der Waals surface area contributed by atoms with Crippen LogP contribution in [0.25, 0.3) is 5.76 Å². The lowest BCUT2D eigenvalue weighted by Gasteiger charge is -2.16. The zero-order valence-corrected chi connectivity index (χ0v) is 10.1. The van der Waals surface area contributed by atoms with Crippen molar-refractivity contribution in [2.24, 2.45) is 0 Å². The first-order valence-corrected chi connectivity index (χ1v) is 5.79. The second-order valence-corrected chi connectivity index (χ2v) is 4.51. The summed E-state index contributed by atoms with van der Waals surface area (Å²) in [5.41, 5.74) is 1.56. The van der Waals surface area contributed by atoms with Gasteiger partial charge in [0.1, 0.15) is 17.6 Å². The molecule has 0 amide bonds. The summed E-state index contributed by atoms with van der Waals surface area (Å²) in [6.07, 6.45) is 0.431. The van der Waals surface area contributed by atoms with Crippen molar-refractivity contribution in [3.8, 4) is 5.75 Å². The van der Waals surface area contributed by atoms with Crippen LogP contribution < -0.4 is 4.74 Å². The maximum atomic E-state index is 12.0. The number of hydrogen-bond acceptors (Lipinski definition) is 4. The van der Waals surface area contributed by atoms with Crippen LogP contribution >= 0.6 is 0 Å². The van der Waals surface area contributed by atoms with E-state index >= 15 is 0 Å². The first kappa shape index (κ1) is 11.0. The maximum absolute atomic E-state index is 12.0. The van der Waals surface area contributed by atoms with Gasteiger partial charge in [-0.05, 0) is 25.1 Å². The Morgan fingerprint density at radius 1 is 1.22 bits per heavy atom. The van der Waals surface area contributed by atoms with E-state index in [1.54, 1.807) is 25.3 Å². The molecule has 1 aliphatic heterocycles. The van der Waals surface area contributed by atoms with Crippen molar-refractivity contribution in [2.75, 3.05) is 7.11 Å². The minimum atomic E-state index is -0.455. The molecule has 1 heterocycles. The Hall–Kier alpha value is -2.10. The topological polar surface area (TPSA) is 52.6 Å². The molecule has 0 radical (unpaired) electrons. The van der Waals surface area contributed by atoms with Gasteiger partial charge in [-0.1, -0.05) is 0 Å². The smallest absolute Gasteiger partial charge is 0.234 e. The molecule has 3 rings (SSSR count). The number of carbonyl (C=O) groups excluding carboxylic acids is 2. The van der Waals surface area contributed by atoms with Crippen molar-refractivity contribution in [3.05, 3.63) is 34.9 Å². The quantitative estimate of drug-likeness (QED) is 0.709. The Morgan fingerprint density at radius 2 is 2.00 bits per heavy atom. The van der Waals surface area contributed by atoms with E-state index in [9.17, 15) is 9.59 Å². The van der Waals surface area contributed by atoms with Crippen molar-refractivity contribution in [2.45, 2.75) is 19.4 Å². The predicted octanol–water partition coefficient (Wildman–Crippen LogP) is 1.98. The third-order valence-electron chi connectivity index (χ3n) is 3.28. The van der Waals surface area contributed by atoms with Crippen molar-refractivity contribution in [1.29, 1.82) is 0 Å². The van der Waals surface area contributed by atoms with E-state index in [-0.39, 0.29) is 6.10 Å². The maximum Gasteiger partial charge on any atom is 0.234 e. The molecular weight excluding hydrogens is 232 g/mol. The van der Waals surface area contributed by atoms with E-state index < -0.39 is 11.6 Å². The van der Waals surface area contributed by atoms with Gasteiger partial charge in [0.05, 0.1) is 7.11 Å². The summed E-state index contributed by atoms with van der Waals surface area (Å²) < 4.78 is 10.8. The van der Waals surface area contributed by atoms with Crippen molar-refractivity contribution in [1.82, 2.24) is 0 Å². The Kier molecular flexibility index (Phi) is 2.26. The third-order valence-corrected chi connectivity index (χ3v) is 3.28. The lowest BCUT2D eigenvalue weighted by Crippen LogP contribution is -2.22. The highest BCUT2D eigenvalue weighted by atomic mass is 16.5. The lowest BCUT2D eigenvalue weighted by molar-refractivity contribution is -0.112. The van der Waals surface area contributed by atoms with E-state index in [2.05, 4.69) is 0 Å². The van der Waals surface area contributed by atoms with Crippen LogP contribution in [0.5, 0.6) is 5.75 Å².